The number of methoxy groups -OCH3 is 1. The topological polar surface area (TPSA) is 65.2 Å². The second-order valence-corrected chi connectivity index (χ2v) is 10.9. The van der Waals surface area contributed by atoms with Gasteiger partial charge < -0.3 is 9.30 Å². The maximum absolute atomic E-state index is 15.0. The third-order valence-electron chi connectivity index (χ3n) is 8.58. The number of aryl methyl sites for hydroxylation is 2. The number of halogens is 3. The number of amides is 1. The summed E-state index contributed by atoms with van der Waals surface area (Å²) in [5, 5.41) is 4.55. The van der Waals surface area contributed by atoms with Crippen LogP contribution in [0.2, 0.25) is 0 Å². The largest absolute Gasteiger partial charge is 0.381 e. The number of anilines is 1. The first-order chi connectivity index (χ1) is 19.2. The van der Waals surface area contributed by atoms with Gasteiger partial charge in [0.15, 0.2) is 17.8 Å². The van der Waals surface area contributed by atoms with Gasteiger partial charge in [0, 0.05) is 49.6 Å². The number of nitrogens with zero attached hydrogens (tertiary/aromatic N) is 5. The number of ether oxygens (including phenoxy) is 1. The molecule has 1 aliphatic heterocycles. The van der Waals surface area contributed by atoms with Crippen LogP contribution < -0.4 is 4.90 Å². The van der Waals surface area contributed by atoms with Crippen LogP contribution >= 0.6 is 0 Å². The van der Waals surface area contributed by atoms with Crippen molar-refractivity contribution in [2.24, 2.45) is 7.05 Å². The molecule has 2 aromatic heterocycles. The lowest BCUT2D eigenvalue weighted by Gasteiger charge is -2.32. The second kappa shape index (κ2) is 10.1. The SMILES string of the molecule is COC1CCC(n2c([C@@H]3C[C@H](F)C(=O)N3c3ccc(F)c(F)c3)nc3cc(-c4c(C)nn(C)c4C)ccc32)CC1. The van der Waals surface area contributed by atoms with E-state index >= 15 is 4.39 Å². The van der Waals surface area contributed by atoms with Crippen molar-refractivity contribution >= 4 is 22.6 Å². The molecule has 1 aliphatic carbocycles. The Bertz CT molecular complexity index is 1600. The Labute approximate surface area is 230 Å². The van der Waals surface area contributed by atoms with E-state index in [0.29, 0.717) is 5.82 Å². The summed E-state index contributed by atoms with van der Waals surface area (Å²) in [6.45, 7) is 3.99. The fourth-order valence-corrected chi connectivity index (χ4v) is 6.49. The fraction of sp³-hybridized carbons (Fsp3) is 0.433. The van der Waals surface area contributed by atoms with Crippen LogP contribution in [-0.4, -0.2) is 44.6 Å². The van der Waals surface area contributed by atoms with E-state index < -0.39 is 29.8 Å². The molecule has 0 radical (unpaired) electrons. The summed E-state index contributed by atoms with van der Waals surface area (Å²) in [7, 11) is 3.63. The predicted octanol–water partition coefficient (Wildman–Crippen LogP) is 6.28. The molecule has 6 rings (SSSR count). The van der Waals surface area contributed by atoms with E-state index in [-0.39, 0.29) is 24.3 Å². The molecule has 0 unspecified atom stereocenters. The van der Waals surface area contributed by atoms with Gasteiger partial charge in [0.25, 0.3) is 5.91 Å². The Morgan fingerprint density at radius 3 is 2.40 bits per heavy atom. The van der Waals surface area contributed by atoms with Crippen molar-refractivity contribution in [3.8, 4) is 11.1 Å². The third-order valence-corrected chi connectivity index (χ3v) is 8.58. The van der Waals surface area contributed by atoms with Crippen molar-refractivity contribution in [3.63, 3.8) is 0 Å². The molecule has 1 amide bonds. The van der Waals surface area contributed by atoms with E-state index in [0.717, 1.165) is 71.4 Å². The molecular formula is C30H32F3N5O2. The minimum absolute atomic E-state index is 0.0691. The maximum Gasteiger partial charge on any atom is 0.262 e. The number of benzene rings is 2. The van der Waals surface area contributed by atoms with Crippen LogP contribution in [0, 0.1) is 25.5 Å². The van der Waals surface area contributed by atoms with Crippen LogP contribution in [0.15, 0.2) is 36.4 Å². The number of hydrogen-bond acceptors (Lipinski definition) is 4. The van der Waals surface area contributed by atoms with Gasteiger partial charge >= 0.3 is 0 Å². The molecule has 2 aliphatic rings. The number of carbonyl (C=O) groups excluding carboxylic acids is 1. The van der Waals surface area contributed by atoms with Crippen molar-refractivity contribution in [1.29, 1.82) is 0 Å². The molecule has 10 heteroatoms. The first-order valence-corrected chi connectivity index (χ1v) is 13.6. The van der Waals surface area contributed by atoms with E-state index in [1.165, 1.54) is 11.0 Å². The van der Waals surface area contributed by atoms with Gasteiger partial charge in [-0.2, -0.15) is 5.10 Å². The van der Waals surface area contributed by atoms with Crippen molar-refractivity contribution in [2.75, 3.05) is 12.0 Å². The zero-order chi connectivity index (χ0) is 28.3. The van der Waals surface area contributed by atoms with E-state index in [1.807, 2.05) is 43.8 Å². The van der Waals surface area contributed by atoms with Crippen LogP contribution in [-0.2, 0) is 16.6 Å². The quantitative estimate of drug-likeness (QED) is 0.293. The van der Waals surface area contributed by atoms with Gasteiger partial charge in [-0.25, -0.2) is 18.2 Å². The second-order valence-electron chi connectivity index (χ2n) is 10.9. The monoisotopic (exact) mass is 551 g/mol. The van der Waals surface area contributed by atoms with Crippen LogP contribution in [0.25, 0.3) is 22.2 Å². The molecule has 0 bridgehead atoms. The molecule has 40 heavy (non-hydrogen) atoms. The van der Waals surface area contributed by atoms with Gasteiger partial charge in [0.05, 0.1) is 28.9 Å². The van der Waals surface area contributed by atoms with Crippen LogP contribution in [0.1, 0.15) is 61.4 Å². The Morgan fingerprint density at radius 1 is 1.00 bits per heavy atom. The zero-order valence-electron chi connectivity index (χ0n) is 23.0. The number of alkyl halides is 1. The van der Waals surface area contributed by atoms with Gasteiger partial charge in [-0.05, 0) is 69.4 Å². The number of fused-ring (bicyclic) bond motifs is 1. The number of imidazole rings is 1. The molecule has 0 N–H and O–H groups in total. The molecule has 7 nitrogen and oxygen atoms in total. The Balaban J connectivity index is 1.51. The van der Waals surface area contributed by atoms with Gasteiger partial charge in [-0.1, -0.05) is 6.07 Å². The van der Waals surface area contributed by atoms with Crippen molar-refractivity contribution < 1.29 is 22.7 Å². The van der Waals surface area contributed by atoms with Crippen molar-refractivity contribution in [1.82, 2.24) is 19.3 Å². The lowest BCUT2D eigenvalue weighted by Crippen LogP contribution is -2.32. The minimum Gasteiger partial charge on any atom is -0.381 e. The smallest absolute Gasteiger partial charge is 0.262 e. The maximum atomic E-state index is 15.0. The van der Waals surface area contributed by atoms with Gasteiger partial charge in [0.1, 0.15) is 5.82 Å². The summed E-state index contributed by atoms with van der Waals surface area (Å²) < 4.78 is 52.6. The normalized spacial score (nSPS) is 23.5. The highest BCUT2D eigenvalue weighted by Gasteiger charge is 2.45. The summed E-state index contributed by atoms with van der Waals surface area (Å²) >= 11 is 0. The summed E-state index contributed by atoms with van der Waals surface area (Å²) in [6, 6.07) is 8.60. The Morgan fingerprint density at radius 2 is 1.75 bits per heavy atom. The van der Waals surface area contributed by atoms with Crippen LogP contribution in [0.3, 0.4) is 0 Å². The molecule has 3 heterocycles. The Hall–Kier alpha value is -3.66. The highest BCUT2D eigenvalue weighted by atomic mass is 19.2. The van der Waals surface area contributed by atoms with Crippen molar-refractivity contribution in [2.45, 2.75) is 70.3 Å². The predicted molar refractivity (Wildman–Crippen MR) is 146 cm³/mol. The van der Waals surface area contributed by atoms with E-state index in [9.17, 15) is 13.6 Å². The van der Waals surface area contributed by atoms with E-state index in [4.69, 9.17) is 9.72 Å². The standard InChI is InChI=1S/C30H32F3N5O2/c1-16-28(17(2)36(3)35-16)18-5-12-26-25(13-18)34-29(37(26)19-6-9-21(40-4)10-7-19)27-15-24(33)30(39)38(27)20-8-11-22(31)23(32)14-20/h5,8,11-14,19,21,24,27H,6-7,9-10,15H2,1-4H3/t19?,21?,24-,27-/m0/s1. The van der Waals surface area contributed by atoms with Crippen molar-refractivity contribution in [3.05, 3.63) is 65.2 Å². The number of hydrogen-bond donors (Lipinski definition) is 0. The number of carbonyl (C=O) groups is 1. The number of rotatable bonds is 5. The summed E-state index contributed by atoms with van der Waals surface area (Å²) in [5.41, 5.74) is 5.66. The van der Waals surface area contributed by atoms with Gasteiger partial charge in [-0.15, -0.1) is 0 Å². The molecule has 4 aromatic rings. The molecule has 2 aromatic carbocycles. The third kappa shape index (κ3) is 4.29. The van der Waals surface area contributed by atoms with Gasteiger partial charge in [0.2, 0.25) is 0 Å². The molecule has 2 fully saturated rings. The van der Waals surface area contributed by atoms with Crippen LogP contribution in [0.4, 0.5) is 18.9 Å². The summed E-state index contributed by atoms with van der Waals surface area (Å²) in [4.78, 5) is 19.3. The highest BCUT2D eigenvalue weighted by molar-refractivity contribution is 5.99. The average molecular weight is 552 g/mol. The fourth-order valence-electron chi connectivity index (χ4n) is 6.49. The molecular weight excluding hydrogens is 519 g/mol. The van der Waals surface area contributed by atoms with Crippen LogP contribution in [0.5, 0.6) is 0 Å². The van der Waals surface area contributed by atoms with Gasteiger partial charge in [-0.3, -0.25) is 14.4 Å². The summed E-state index contributed by atoms with van der Waals surface area (Å²) in [5.74, 6) is -2.35. The first kappa shape index (κ1) is 26.6. The molecule has 1 saturated carbocycles. The lowest BCUT2D eigenvalue weighted by atomic mass is 9.92. The summed E-state index contributed by atoms with van der Waals surface area (Å²) in [6.07, 6.45) is 1.70. The highest BCUT2D eigenvalue weighted by Crippen LogP contribution is 2.43. The molecule has 0 spiro atoms. The molecule has 2 atom stereocenters. The average Bonchev–Trinajstić information content (AvgIpc) is 3.55. The van der Waals surface area contributed by atoms with E-state index in [2.05, 4.69) is 9.67 Å². The lowest BCUT2D eigenvalue weighted by molar-refractivity contribution is -0.121. The number of aromatic nitrogens is 4. The first-order valence-electron chi connectivity index (χ1n) is 13.6. The molecule has 1 saturated heterocycles. The molecule has 210 valence electrons. The zero-order valence-corrected chi connectivity index (χ0v) is 23.0. The Kier molecular flexibility index (Phi) is 6.68. The minimum atomic E-state index is -1.77. The van der Waals surface area contributed by atoms with E-state index in [1.54, 1.807) is 7.11 Å².